The van der Waals surface area contributed by atoms with Crippen molar-refractivity contribution < 1.29 is 13.6 Å². The minimum Gasteiger partial charge on any atom is -0.456 e. The monoisotopic (exact) mass is 363 g/mol. The number of furan rings is 1. The van der Waals surface area contributed by atoms with Gasteiger partial charge in [0.1, 0.15) is 17.4 Å². The number of carbonyl (C=O) groups excluding carboxylic acids is 1. The Balaban J connectivity index is 1.54. The molecular formula is C21H18FN3O2. The van der Waals surface area contributed by atoms with Crippen LogP contribution in [0.4, 0.5) is 10.1 Å². The molecule has 6 heteroatoms. The summed E-state index contributed by atoms with van der Waals surface area (Å²) in [4.78, 5) is 20.0. The number of H-pyrrole nitrogens is 1. The van der Waals surface area contributed by atoms with Crippen LogP contribution in [0.5, 0.6) is 0 Å². The smallest absolute Gasteiger partial charge is 0.291 e. The third kappa shape index (κ3) is 3.60. The molecule has 136 valence electrons. The number of anilines is 1. The molecule has 0 saturated carbocycles. The summed E-state index contributed by atoms with van der Waals surface area (Å²) in [5, 5.41) is 2.82. The van der Waals surface area contributed by atoms with Gasteiger partial charge in [-0.05, 0) is 42.0 Å². The van der Waals surface area contributed by atoms with Crippen LogP contribution in [0, 0.1) is 5.82 Å². The predicted molar refractivity (Wildman–Crippen MR) is 101 cm³/mol. The number of aryl methyl sites for hydroxylation is 1. The van der Waals surface area contributed by atoms with E-state index in [2.05, 4.69) is 15.3 Å². The Hall–Kier alpha value is -3.41. The van der Waals surface area contributed by atoms with Crippen molar-refractivity contribution in [3.63, 3.8) is 0 Å². The average molecular weight is 363 g/mol. The Kier molecular flexibility index (Phi) is 4.46. The summed E-state index contributed by atoms with van der Waals surface area (Å²) >= 11 is 0. The molecule has 27 heavy (non-hydrogen) atoms. The van der Waals surface area contributed by atoms with Crippen molar-refractivity contribution in [3.8, 4) is 0 Å². The molecule has 0 aliphatic carbocycles. The van der Waals surface area contributed by atoms with Crippen molar-refractivity contribution in [2.24, 2.45) is 0 Å². The number of rotatable bonds is 5. The van der Waals surface area contributed by atoms with Crippen LogP contribution in [0.15, 0.2) is 59.0 Å². The summed E-state index contributed by atoms with van der Waals surface area (Å²) in [7, 11) is 0. The molecule has 0 radical (unpaired) electrons. The van der Waals surface area contributed by atoms with Gasteiger partial charge in [0.05, 0.1) is 11.0 Å². The van der Waals surface area contributed by atoms with Crippen molar-refractivity contribution in [1.29, 1.82) is 0 Å². The molecule has 0 aliphatic rings. The van der Waals surface area contributed by atoms with E-state index in [1.807, 2.05) is 13.0 Å². The second-order valence-corrected chi connectivity index (χ2v) is 6.26. The second-order valence-electron chi connectivity index (χ2n) is 6.26. The highest BCUT2D eigenvalue weighted by Crippen LogP contribution is 2.20. The van der Waals surface area contributed by atoms with E-state index in [1.165, 1.54) is 6.07 Å². The summed E-state index contributed by atoms with van der Waals surface area (Å²) in [6.45, 7) is 1.96. The van der Waals surface area contributed by atoms with Crippen LogP contribution in [0.1, 0.15) is 34.6 Å². The molecule has 0 unspecified atom stereocenters. The van der Waals surface area contributed by atoms with Crippen molar-refractivity contribution in [3.05, 3.63) is 83.3 Å². The van der Waals surface area contributed by atoms with Crippen LogP contribution in [0.2, 0.25) is 0 Å². The number of hydrogen-bond donors (Lipinski definition) is 2. The van der Waals surface area contributed by atoms with Crippen LogP contribution < -0.4 is 5.32 Å². The third-order valence-corrected chi connectivity index (χ3v) is 4.34. The van der Waals surface area contributed by atoms with Crippen molar-refractivity contribution in [2.45, 2.75) is 19.8 Å². The van der Waals surface area contributed by atoms with Gasteiger partial charge in [-0.15, -0.1) is 0 Å². The second kappa shape index (κ2) is 7.07. The lowest BCUT2D eigenvalue weighted by molar-refractivity contribution is 0.0995. The minimum absolute atomic E-state index is 0.254. The number of carbonyl (C=O) groups is 1. The van der Waals surface area contributed by atoms with Gasteiger partial charge >= 0.3 is 0 Å². The maximum absolute atomic E-state index is 13.8. The summed E-state index contributed by atoms with van der Waals surface area (Å²) in [6, 6.07) is 15.5. The number of aromatic nitrogens is 2. The molecule has 2 heterocycles. The van der Waals surface area contributed by atoms with Gasteiger partial charge in [0.2, 0.25) is 0 Å². The maximum atomic E-state index is 13.8. The Labute approximate surface area is 155 Å². The Morgan fingerprint density at radius 2 is 2.04 bits per heavy atom. The molecule has 0 bridgehead atoms. The molecule has 0 aliphatic heterocycles. The zero-order chi connectivity index (χ0) is 18.8. The molecule has 0 saturated heterocycles. The number of hydrogen-bond acceptors (Lipinski definition) is 3. The molecule has 1 amide bonds. The van der Waals surface area contributed by atoms with E-state index >= 15 is 0 Å². The topological polar surface area (TPSA) is 70.9 Å². The zero-order valence-corrected chi connectivity index (χ0v) is 14.8. The first-order valence-corrected chi connectivity index (χ1v) is 8.74. The number of imidazole rings is 1. The van der Waals surface area contributed by atoms with Crippen molar-refractivity contribution in [2.75, 3.05) is 5.32 Å². The zero-order valence-electron chi connectivity index (χ0n) is 14.8. The van der Waals surface area contributed by atoms with E-state index < -0.39 is 0 Å². The number of benzene rings is 2. The SMILES string of the molecule is CCc1ccc(C(=O)Nc2ccc3nc(Cc4ccccc4F)[nH]c3c2)o1. The first kappa shape index (κ1) is 17.0. The molecule has 2 aromatic heterocycles. The van der Waals surface area contributed by atoms with Gasteiger partial charge in [0.15, 0.2) is 5.76 Å². The molecule has 4 aromatic rings. The van der Waals surface area contributed by atoms with E-state index in [1.54, 1.807) is 42.5 Å². The molecule has 4 rings (SSSR count). The summed E-state index contributed by atoms with van der Waals surface area (Å²) in [5.41, 5.74) is 2.73. The average Bonchev–Trinajstić information content (AvgIpc) is 3.29. The van der Waals surface area contributed by atoms with Gasteiger partial charge < -0.3 is 14.7 Å². The quantitative estimate of drug-likeness (QED) is 0.540. The van der Waals surface area contributed by atoms with Crippen LogP contribution in [0.3, 0.4) is 0 Å². The minimum atomic E-state index is -0.305. The van der Waals surface area contributed by atoms with Gasteiger partial charge in [0, 0.05) is 18.5 Å². The van der Waals surface area contributed by atoms with E-state index in [9.17, 15) is 9.18 Å². The predicted octanol–water partition coefficient (Wildman–Crippen LogP) is 4.70. The number of nitrogens with zero attached hydrogens (tertiary/aromatic N) is 1. The molecular weight excluding hydrogens is 345 g/mol. The fraction of sp³-hybridized carbons (Fsp3) is 0.143. The van der Waals surface area contributed by atoms with Gasteiger partial charge in [-0.1, -0.05) is 25.1 Å². The first-order valence-electron chi connectivity index (χ1n) is 8.74. The van der Waals surface area contributed by atoms with Gasteiger partial charge in [-0.3, -0.25) is 4.79 Å². The van der Waals surface area contributed by atoms with Crippen LogP contribution in [0.25, 0.3) is 11.0 Å². The molecule has 0 fully saturated rings. The molecule has 5 nitrogen and oxygen atoms in total. The number of aromatic amines is 1. The van der Waals surface area contributed by atoms with E-state index in [-0.39, 0.29) is 17.5 Å². The van der Waals surface area contributed by atoms with Crippen LogP contribution >= 0.6 is 0 Å². The maximum Gasteiger partial charge on any atom is 0.291 e. The fourth-order valence-electron chi connectivity index (χ4n) is 2.93. The third-order valence-electron chi connectivity index (χ3n) is 4.34. The first-order chi connectivity index (χ1) is 13.1. The van der Waals surface area contributed by atoms with Crippen LogP contribution in [-0.2, 0) is 12.8 Å². The lowest BCUT2D eigenvalue weighted by atomic mass is 10.1. The van der Waals surface area contributed by atoms with E-state index in [0.717, 1.165) is 23.2 Å². The largest absolute Gasteiger partial charge is 0.456 e. The highest BCUT2D eigenvalue weighted by molar-refractivity contribution is 6.03. The van der Waals surface area contributed by atoms with Gasteiger partial charge in [-0.2, -0.15) is 0 Å². The Morgan fingerprint density at radius 3 is 2.81 bits per heavy atom. The molecule has 0 atom stereocenters. The van der Waals surface area contributed by atoms with Crippen molar-refractivity contribution >= 4 is 22.6 Å². The lowest BCUT2D eigenvalue weighted by Crippen LogP contribution is -2.10. The van der Waals surface area contributed by atoms with E-state index in [0.29, 0.717) is 23.5 Å². The van der Waals surface area contributed by atoms with Gasteiger partial charge in [-0.25, -0.2) is 9.37 Å². The summed E-state index contributed by atoms with van der Waals surface area (Å²) in [5.74, 6) is 1.15. The summed E-state index contributed by atoms with van der Waals surface area (Å²) < 4.78 is 19.3. The molecule has 2 aromatic carbocycles. The lowest BCUT2D eigenvalue weighted by Gasteiger charge is -2.03. The molecule has 0 spiro atoms. The highest BCUT2D eigenvalue weighted by atomic mass is 19.1. The van der Waals surface area contributed by atoms with Crippen molar-refractivity contribution in [1.82, 2.24) is 9.97 Å². The highest BCUT2D eigenvalue weighted by Gasteiger charge is 2.12. The van der Waals surface area contributed by atoms with Crippen LogP contribution in [-0.4, -0.2) is 15.9 Å². The normalized spacial score (nSPS) is 11.0. The number of halogens is 1. The Morgan fingerprint density at radius 1 is 1.19 bits per heavy atom. The van der Waals surface area contributed by atoms with E-state index in [4.69, 9.17) is 4.42 Å². The number of amides is 1. The Bertz CT molecular complexity index is 1110. The standard InChI is InChI=1S/C21H18FN3O2/c1-2-15-8-10-19(27-15)21(26)23-14-7-9-17-18(12-14)25-20(24-17)11-13-5-3-4-6-16(13)22/h3-10,12H,2,11H2,1H3,(H,23,26)(H,24,25). The number of fused-ring (bicyclic) bond motifs is 1. The van der Waals surface area contributed by atoms with Gasteiger partial charge in [0.25, 0.3) is 5.91 Å². The summed E-state index contributed by atoms with van der Waals surface area (Å²) in [6.07, 6.45) is 1.10. The fourth-order valence-corrected chi connectivity index (χ4v) is 2.93. The number of nitrogens with one attached hydrogen (secondary N) is 2. The molecule has 2 N–H and O–H groups in total.